The van der Waals surface area contributed by atoms with Gasteiger partial charge >= 0.3 is 0 Å². The molecule has 1 rings (SSSR count). The summed E-state index contributed by atoms with van der Waals surface area (Å²) in [5.41, 5.74) is 0.596. The van der Waals surface area contributed by atoms with Gasteiger partial charge in [0.05, 0.1) is 0 Å². The van der Waals surface area contributed by atoms with Gasteiger partial charge in [0.25, 0.3) is 0 Å². The van der Waals surface area contributed by atoms with Crippen molar-refractivity contribution in [2.45, 2.75) is 59.8 Å². The van der Waals surface area contributed by atoms with Crippen LogP contribution in [-0.4, -0.2) is 0 Å². The van der Waals surface area contributed by atoms with Crippen molar-refractivity contribution in [2.24, 2.45) is 17.3 Å². The Hall–Kier alpha value is 0. The molecule has 0 radical (unpaired) electrons. The van der Waals surface area contributed by atoms with E-state index in [0.717, 1.165) is 11.8 Å². The lowest BCUT2D eigenvalue weighted by Crippen LogP contribution is -2.23. The van der Waals surface area contributed by atoms with Gasteiger partial charge in [0, 0.05) is 0 Å². The third-order valence-corrected chi connectivity index (χ3v) is 3.03. The van der Waals surface area contributed by atoms with Crippen molar-refractivity contribution in [1.29, 1.82) is 0 Å². The van der Waals surface area contributed by atoms with Crippen LogP contribution in [0.1, 0.15) is 59.8 Å². The molecule has 1 fully saturated rings. The Morgan fingerprint density at radius 1 is 1.25 bits per heavy atom. The lowest BCUT2D eigenvalue weighted by atomic mass is 9.71. The van der Waals surface area contributed by atoms with Crippen molar-refractivity contribution in [2.75, 3.05) is 0 Å². The minimum Gasteiger partial charge on any atom is -0.0628 e. The molecule has 0 aromatic rings. The highest BCUT2D eigenvalue weighted by molar-refractivity contribution is 4.79. The molecule has 0 saturated heterocycles. The fourth-order valence-electron chi connectivity index (χ4n) is 2.67. The summed E-state index contributed by atoms with van der Waals surface area (Å²) in [5, 5.41) is 0. The van der Waals surface area contributed by atoms with Crippen molar-refractivity contribution in [3.63, 3.8) is 0 Å². The third-order valence-electron chi connectivity index (χ3n) is 3.03. The fraction of sp³-hybridized carbons (Fsp3) is 1.00. The smallest absolute Gasteiger partial charge is 0.0349 e. The Balaban J connectivity index is 2.25. The van der Waals surface area contributed by atoms with Crippen LogP contribution in [0.3, 0.4) is 0 Å². The highest BCUT2D eigenvalue weighted by Gasteiger charge is 2.27. The van der Waals surface area contributed by atoms with Gasteiger partial charge in [0.1, 0.15) is 0 Å². The van der Waals surface area contributed by atoms with E-state index in [1.807, 2.05) is 0 Å². The molecular weight excluding hydrogens is 144 g/mol. The van der Waals surface area contributed by atoms with Gasteiger partial charge in [-0.15, -0.1) is 0 Å². The van der Waals surface area contributed by atoms with Crippen LogP contribution < -0.4 is 0 Å². The van der Waals surface area contributed by atoms with Gasteiger partial charge < -0.3 is 0 Å². The summed E-state index contributed by atoms with van der Waals surface area (Å²) in [7, 11) is 0. The Kier molecular flexibility index (Phi) is 3.20. The van der Waals surface area contributed by atoms with Gasteiger partial charge in [0.2, 0.25) is 0 Å². The number of rotatable bonds is 4. The predicted molar refractivity (Wildman–Crippen MR) is 55.2 cm³/mol. The van der Waals surface area contributed by atoms with Gasteiger partial charge in [-0.05, 0) is 30.1 Å². The molecule has 0 aliphatic heterocycles. The Morgan fingerprint density at radius 3 is 2.17 bits per heavy atom. The van der Waals surface area contributed by atoms with Crippen LogP contribution >= 0.6 is 0 Å². The summed E-state index contributed by atoms with van der Waals surface area (Å²) in [6.45, 7) is 9.54. The second-order valence-electron chi connectivity index (χ2n) is 5.76. The van der Waals surface area contributed by atoms with Crippen LogP contribution in [0.2, 0.25) is 0 Å². The normalized spacial score (nSPS) is 19.8. The molecule has 0 heteroatoms. The van der Waals surface area contributed by atoms with E-state index in [1.54, 1.807) is 0 Å². The van der Waals surface area contributed by atoms with Crippen LogP contribution in [0.4, 0.5) is 0 Å². The molecule has 0 bridgehead atoms. The monoisotopic (exact) mass is 168 g/mol. The van der Waals surface area contributed by atoms with Crippen molar-refractivity contribution in [3.8, 4) is 0 Å². The maximum atomic E-state index is 2.44. The highest BCUT2D eigenvalue weighted by atomic mass is 14.3. The molecule has 72 valence electrons. The molecule has 12 heavy (non-hydrogen) atoms. The summed E-state index contributed by atoms with van der Waals surface area (Å²) in [6, 6.07) is 0. The molecule has 0 amide bonds. The zero-order valence-corrected chi connectivity index (χ0v) is 9.19. The molecular formula is C12H24. The van der Waals surface area contributed by atoms with E-state index in [2.05, 4.69) is 27.7 Å². The average molecular weight is 168 g/mol. The van der Waals surface area contributed by atoms with E-state index in [9.17, 15) is 0 Å². The van der Waals surface area contributed by atoms with Crippen LogP contribution in [0.25, 0.3) is 0 Å². The second-order valence-corrected chi connectivity index (χ2v) is 5.76. The van der Waals surface area contributed by atoms with Crippen molar-refractivity contribution < 1.29 is 0 Å². The Morgan fingerprint density at radius 2 is 1.83 bits per heavy atom. The molecule has 0 spiro atoms. The topological polar surface area (TPSA) is 0 Å². The van der Waals surface area contributed by atoms with E-state index >= 15 is 0 Å². The fourth-order valence-corrected chi connectivity index (χ4v) is 2.67. The van der Waals surface area contributed by atoms with Gasteiger partial charge in [0.15, 0.2) is 0 Å². The molecule has 0 heterocycles. The van der Waals surface area contributed by atoms with Gasteiger partial charge in [-0.25, -0.2) is 0 Å². The van der Waals surface area contributed by atoms with E-state index in [4.69, 9.17) is 0 Å². The summed E-state index contributed by atoms with van der Waals surface area (Å²) in [4.78, 5) is 0. The lowest BCUT2D eigenvalue weighted by molar-refractivity contribution is 0.166. The Bertz CT molecular complexity index is 129. The summed E-state index contributed by atoms with van der Waals surface area (Å²) >= 11 is 0. The van der Waals surface area contributed by atoms with Gasteiger partial charge in [-0.2, -0.15) is 0 Å². The maximum Gasteiger partial charge on any atom is -0.0349 e. The van der Waals surface area contributed by atoms with Crippen LogP contribution in [0.15, 0.2) is 0 Å². The zero-order valence-electron chi connectivity index (χ0n) is 9.19. The summed E-state index contributed by atoms with van der Waals surface area (Å²) < 4.78 is 0. The SMILES string of the molecule is CC(C)CC(C)(C)CC1CCC1. The molecule has 0 unspecified atom stereocenters. The van der Waals surface area contributed by atoms with Crippen molar-refractivity contribution in [1.82, 2.24) is 0 Å². The molecule has 0 nitrogen and oxygen atoms in total. The minimum absolute atomic E-state index is 0.596. The quantitative estimate of drug-likeness (QED) is 0.588. The largest absolute Gasteiger partial charge is 0.0628 e. The average Bonchev–Trinajstić information content (AvgIpc) is 1.76. The van der Waals surface area contributed by atoms with E-state index in [1.165, 1.54) is 32.1 Å². The van der Waals surface area contributed by atoms with Crippen LogP contribution in [0, 0.1) is 17.3 Å². The predicted octanol–water partition coefficient (Wildman–Crippen LogP) is 4.25. The summed E-state index contributed by atoms with van der Waals surface area (Å²) in [5.74, 6) is 1.93. The Labute approximate surface area is 77.7 Å². The zero-order chi connectivity index (χ0) is 9.19. The van der Waals surface area contributed by atoms with Gasteiger partial charge in [-0.1, -0.05) is 47.0 Å². The molecule has 0 aromatic carbocycles. The summed E-state index contributed by atoms with van der Waals surface area (Å²) in [6.07, 6.45) is 7.35. The van der Waals surface area contributed by atoms with Crippen molar-refractivity contribution in [3.05, 3.63) is 0 Å². The lowest BCUT2D eigenvalue weighted by Gasteiger charge is -2.35. The third kappa shape index (κ3) is 3.16. The first kappa shape index (κ1) is 10.1. The number of hydrogen-bond acceptors (Lipinski definition) is 0. The van der Waals surface area contributed by atoms with E-state index in [-0.39, 0.29) is 0 Å². The standard InChI is InChI=1S/C12H24/c1-10(2)8-12(3,4)9-11-6-5-7-11/h10-11H,5-9H2,1-4H3. The van der Waals surface area contributed by atoms with Crippen LogP contribution in [0.5, 0.6) is 0 Å². The first-order valence-electron chi connectivity index (χ1n) is 5.49. The van der Waals surface area contributed by atoms with Crippen molar-refractivity contribution >= 4 is 0 Å². The number of hydrogen-bond donors (Lipinski definition) is 0. The van der Waals surface area contributed by atoms with Crippen LogP contribution in [-0.2, 0) is 0 Å². The highest BCUT2D eigenvalue weighted by Crippen LogP contribution is 2.40. The molecule has 0 aromatic heterocycles. The minimum atomic E-state index is 0.596. The second kappa shape index (κ2) is 3.81. The first-order chi connectivity index (χ1) is 5.49. The maximum absolute atomic E-state index is 2.44. The first-order valence-corrected chi connectivity index (χ1v) is 5.49. The molecule has 1 saturated carbocycles. The van der Waals surface area contributed by atoms with Gasteiger partial charge in [-0.3, -0.25) is 0 Å². The van der Waals surface area contributed by atoms with E-state index < -0.39 is 0 Å². The van der Waals surface area contributed by atoms with E-state index in [0.29, 0.717) is 5.41 Å². The molecule has 1 aliphatic rings. The molecule has 0 N–H and O–H groups in total. The molecule has 0 atom stereocenters. The molecule has 1 aliphatic carbocycles.